The average Bonchev–Trinajstić information content (AvgIpc) is 3.39. The van der Waals surface area contributed by atoms with E-state index in [0.29, 0.717) is 23.3 Å². The van der Waals surface area contributed by atoms with Crippen LogP contribution in [0, 0.1) is 17.3 Å². The molecular weight excluding hydrogens is 339 g/mol. The van der Waals surface area contributed by atoms with Gasteiger partial charge in [-0.25, -0.2) is 14.3 Å². The Hall–Kier alpha value is 0.550. The van der Waals surface area contributed by atoms with Gasteiger partial charge in [0.05, 0.1) is 0 Å². The summed E-state index contributed by atoms with van der Waals surface area (Å²) in [6, 6.07) is 0. The molecule has 0 radical (unpaired) electrons. The summed E-state index contributed by atoms with van der Waals surface area (Å²) in [6.07, 6.45) is 6.37. The summed E-state index contributed by atoms with van der Waals surface area (Å²) in [4.78, 5) is 5.07. The lowest BCUT2D eigenvalue weighted by Gasteiger charge is -2.40. The number of halogens is 1. The third kappa shape index (κ3) is 3.65. The van der Waals surface area contributed by atoms with Crippen molar-refractivity contribution in [1.82, 2.24) is 9.80 Å². The zero-order chi connectivity index (χ0) is 16.9. The van der Waals surface area contributed by atoms with Crippen molar-refractivity contribution in [2.75, 3.05) is 45.0 Å². The standard InChI is InChI=1S/C19H35FN2S2/c1-15(2)18(4-5-18)13-21-8-3-16(9-21)12-24(23)19(6-7-19)14-22-10-17(20)11-22/h15-17,23-24H,3-14H2,1-2H3. The third-order valence-electron chi connectivity index (χ3n) is 7.26. The Balaban J connectivity index is 1.23. The zero-order valence-electron chi connectivity index (χ0n) is 15.4. The SMILES string of the molecule is CC(C)C1(CN2CCC(C[SH](S)C3(CN4CC(F)C4)CC3)C2)CC1. The van der Waals surface area contributed by atoms with E-state index < -0.39 is 6.17 Å². The molecule has 2 aliphatic carbocycles. The number of rotatable bonds is 8. The molecule has 0 aromatic rings. The first-order valence-electron chi connectivity index (χ1n) is 9.96. The van der Waals surface area contributed by atoms with E-state index in [9.17, 15) is 4.39 Å². The number of thiol groups is 2. The number of likely N-dealkylation sites (tertiary alicyclic amines) is 2. The van der Waals surface area contributed by atoms with Gasteiger partial charge >= 0.3 is 0 Å². The van der Waals surface area contributed by atoms with Crippen LogP contribution in [0.3, 0.4) is 0 Å². The summed E-state index contributed by atoms with van der Waals surface area (Å²) in [6.45, 7) is 11.2. The minimum atomic E-state index is -0.564. The highest BCUT2D eigenvalue weighted by Gasteiger charge is 2.50. The molecule has 2 nitrogen and oxygen atoms in total. The molecule has 0 amide bonds. The summed E-state index contributed by atoms with van der Waals surface area (Å²) in [5.41, 5.74) is 0.652. The lowest BCUT2D eigenvalue weighted by atomic mass is 9.92. The van der Waals surface area contributed by atoms with Gasteiger partial charge in [-0.1, -0.05) is 13.8 Å². The molecule has 140 valence electrons. The van der Waals surface area contributed by atoms with Crippen molar-refractivity contribution in [2.45, 2.75) is 56.9 Å². The normalized spacial score (nSPS) is 34.4. The van der Waals surface area contributed by atoms with Crippen molar-refractivity contribution in [1.29, 1.82) is 0 Å². The highest BCUT2D eigenvalue weighted by atomic mass is 33.1. The second-order valence-corrected chi connectivity index (χ2v) is 13.1. The van der Waals surface area contributed by atoms with Gasteiger partial charge in [-0.05, 0) is 61.7 Å². The molecule has 0 aromatic heterocycles. The second-order valence-electron chi connectivity index (χ2n) is 9.50. The van der Waals surface area contributed by atoms with E-state index in [2.05, 4.69) is 23.6 Å². The van der Waals surface area contributed by atoms with E-state index in [-0.39, 0.29) is 9.93 Å². The summed E-state index contributed by atoms with van der Waals surface area (Å²) in [7, 11) is -0.188. The van der Waals surface area contributed by atoms with Crippen molar-refractivity contribution >= 4 is 21.6 Å². The molecule has 2 heterocycles. The average molecular weight is 375 g/mol. The van der Waals surface area contributed by atoms with Crippen LogP contribution < -0.4 is 0 Å². The van der Waals surface area contributed by atoms with Crippen LogP contribution in [0.1, 0.15) is 46.0 Å². The molecule has 4 fully saturated rings. The second kappa shape index (κ2) is 6.61. The number of hydrogen-bond acceptors (Lipinski definition) is 3. The molecule has 2 saturated carbocycles. The molecule has 0 spiro atoms. The summed E-state index contributed by atoms with van der Waals surface area (Å²) < 4.78 is 13.5. The molecule has 4 aliphatic rings. The van der Waals surface area contributed by atoms with Crippen LogP contribution in [0.25, 0.3) is 0 Å². The predicted octanol–water partition coefficient (Wildman–Crippen LogP) is 3.78. The van der Waals surface area contributed by atoms with Crippen LogP contribution in [0.15, 0.2) is 0 Å². The van der Waals surface area contributed by atoms with Crippen LogP contribution in [-0.4, -0.2) is 65.7 Å². The number of nitrogens with zero attached hydrogens (tertiary/aromatic N) is 2. The van der Waals surface area contributed by atoms with Gasteiger partial charge in [-0.15, -0.1) is 11.7 Å². The molecule has 2 atom stereocenters. The summed E-state index contributed by atoms with van der Waals surface area (Å²) in [5.74, 6) is 3.03. The van der Waals surface area contributed by atoms with Gasteiger partial charge in [0.1, 0.15) is 6.17 Å². The molecule has 0 N–H and O–H groups in total. The Morgan fingerprint density at radius 3 is 2.33 bits per heavy atom. The highest BCUT2D eigenvalue weighted by Crippen LogP contribution is 2.62. The number of hydrogen-bond donors (Lipinski definition) is 2. The number of alkyl halides is 1. The van der Waals surface area contributed by atoms with Gasteiger partial charge in [0.15, 0.2) is 0 Å². The molecular formula is C19H35FN2S2. The van der Waals surface area contributed by atoms with Crippen LogP contribution in [0.2, 0.25) is 0 Å². The quantitative estimate of drug-likeness (QED) is 0.493. The molecule has 0 bridgehead atoms. The minimum absolute atomic E-state index is 0.188. The maximum absolute atomic E-state index is 13.1. The summed E-state index contributed by atoms with van der Waals surface area (Å²) >= 11 is 5.10. The fourth-order valence-electron chi connectivity index (χ4n) is 4.86. The fraction of sp³-hybridized carbons (Fsp3) is 1.00. The zero-order valence-corrected chi connectivity index (χ0v) is 17.2. The van der Waals surface area contributed by atoms with E-state index in [1.807, 2.05) is 0 Å². The first-order valence-corrected chi connectivity index (χ1v) is 12.6. The van der Waals surface area contributed by atoms with Crippen molar-refractivity contribution in [2.24, 2.45) is 17.3 Å². The van der Waals surface area contributed by atoms with Gasteiger partial charge in [0.2, 0.25) is 0 Å². The smallest absolute Gasteiger partial charge is 0.125 e. The molecule has 4 rings (SSSR count). The topological polar surface area (TPSA) is 6.48 Å². The Kier molecular flexibility index (Phi) is 4.94. The lowest BCUT2D eigenvalue weighted by Crippen LogP contribution is -2.51. The maximum Gasteiger partial charge on any atom is 0.125 e. The molecule has 0 aromatic carbocycles. The predicted molar refractivity (Wildman–Crippen MR) is 107 cm³/mol. The Morgan fingerprint density at radius 1 is 1.08 bits per heavy atom. The Labute approximate surface area is 155 Å². The van der Waals surface area contributed by atoms with Gasteiger partial charge < -0.3 is 4.90 Å². The molecule has 2 unspecified atom stereocenters. The van der Waals surface area contributed by atoms with Gasteiger partial charge in [-0.3, -0.25) is 4.90 Å². The minimum Gasteiger partial charge on any atom is -0.302 e. The lowest BCUT2D eigenvalue weighted by molar-refractivity contribution is 0.0647. The van der Waals surface area contributed by atoms with E-state index in [4.69, 9.17) is 11.7 Å². The van der Waals surface area contributed by atoms with Gasteiger partial charge in [-0.2, -0.15) is 0 Å². The molecule has 2 saturated heterocycles. The van der Waals surface area contributed by atoms with Gasteiger partial charge in [0.25, 0.3) is 0 Å². The first kappa shape index (κ1) is 17.9. The molecule has 2 aliphatic heterocycles. The van der Waals surface area contributed by atoms with E-state index in [0.717, 1.165) is 18.4 Å². The first-order chi connectivity index (χ1) is 11.4. The van der Waals surface area contributed by atoms with Crippen molar-refractivity contribution in [3.8, 4) is 0 Å². The fourth-order valence-corrected chi connectivity index (χ4v) is 8.51. The van der Waals surface area contributed by atoms with Crippen LogP contribution in [-0.2, 0) is 0 Å². The molecule has 5 heteroatoms. The monoisotopic (exact) mass is 374 g/mol. The van der Waals surface area contributed by atoms with Gasteiger partial charge in [0, 0.05) is 37.5 Å². The maximum atomic E-state index is 13.1. The summed E-state index contributed by atoms with van der Waals surface area (Å²) in [5, 5.41) is 0. The molecule has 24 heavy (non-hydrogen) atoms. The van der Waals surface area contributed by atoms with Crippen molar-refractivity contribution in [3.05, 3.63) is 0 Å². The van der Waals surface area contributed by atoms with E-state index >= 15 is 0 Å². The Bertz CT molecular complexity index is 458. The van der Waals surface area contributed by atoms with E-state index in [1.54, 1.807) is 0 Å². The van der Waals surface area contributed by atoms with Crippen LogP contribution in [0.5, 0.6) is 0 Å². The Morgan fingerprint density at radius 2 is 1.79 bits per heavy atom. The van der Waals surface area contributed by atoms with Crippen molar-refractivity contribution in [3.63, 3.8) is 0 Å². The third-order valence-corrected chi connectivity index (χ3v) is 11.6. The largest absolute Gasteiger partial charge is 0.302 e. The van der Waals surface area contributed by atoms with Crippen molar-refractivity contribution < 1.29 is 4.39 Å². The van der Waals surface area contributed by atoms with Crippen LogP contribution in [0.4, 0.5) is 4.39 Å². The highest BCUT2D eigenvalue weighted by molar-refractivity contribution is 8.78. The van der Waals surface area contributed by atoms with E-state index in [1.165, 1.54) is 57.5 Å². The van der Waals surface area contributed by atoms with Crippen LogP contribution >= 0.6 is 21.6 Å².